The fourth-order valence-electron chi connectivity index (χ4n) is 2.22. The Morgan fingerprint density at radius 3 is 2.61 bits per heavy atom. The number of benzene rings is 2. The van der Waals surface area contributed by atoms with Gasteiger partial charge >= 0.3 is 5.97 Å². The van der Waals surface area contributed by atoms with Crippen LogP contribution in [0, 0.1) is 17.0 Å². The van der Waals surface area contributed by atoms with Crippen molar-refractivity contribution in [3.8, 4) is 11.6 Å². The highest BCUT2D eigenvalue weighted by Crippen LogP contribution is 2.37. The summed E-state index contributed by atoms with van der Waals surface area (Å²) in [6, 6.07) is 9.48. The number of aromatic carboxylic acids is 1. The normalized spacial score (nSPS) is 10.7. The summed E-state index contributed by atoms with van der Waals surface area (Å²) >= 11 is 1.01. The number of hydrogen-bond donors (Lipinski definition) is 1. The van der Waals surface area contributed by atoms with Gasteiger partial charge in [0.1, 0.15) is 5.75 Å². The lowest BCUT2D eigenvalue weighted by molar-refractivity contribution is -0.383. The Bertz CT molecular complexity index is 935. The number of aromatic nitrogens is 1. The Balaban J connectivity index is 2.13. The highest BCUT2D eigenvalue weighted by Gasteiger charge is 2.20. The third-order valence-corrected chi connectivity index (χ3v) is 4.10. The second-order valence-corrected chi connectivity index (χ2v) is 5.86. The Labute approximate surface area is 133 Å². The molecule has 0 atom stereocenters. The highest BCUT2D eigenvalue weighted by molar-refractivity contribution is 7.13. The lowest BCUT2D eigenvalue weighted by Crippen LogP contribution is -1.97. The lowest BCUT2D eigenvalue weighted by Gasteiger charge is -2.08. The first-order valence-electron chi connectivity index (χ1n) is 6.52. The monoisotopic (exact) mass is 330 g/mol. The molecule has 0 radical (unpaired) electrons. The van der Waals surface area contributed by atoms with Gasteiger partial charge in [0, 0.05) is 11.5 Å². The van der Waals surface area contributed by atoms with Crippen LogP contribution in [0.3, 0.4) is 0 Å². The molecule has 0 bridgehead atoms. The molecule has 0 aliphatic carbocycles. The quantitative estimate of drug-likeness (QED) is 0.573. The number of nitro benzene ring substituents is 1. The molecule has 8 heteroatoms. The molecule has 116 valence electrons. The van der Waals surface area contributed by atoms with Crippen molar-refractivity contribution in [3.63, 3.8) is 0 Å². The van der Waals surface area contributed by atoms with Crippen molar-refractivity contribution in [2.75, 3.05) is 0 Å². The minimum Gasteiger partial charge on any atom is -0.477 e. The molecule has 0 unspecified atom stereocenters. The molecule has 0 saturated carbocycles. The van der Waals surface area contributed by atoms with Gasteiger partial charge in [-0.1, -0.05) is 18.2 Å². The van der Waals surface area contributed by atoms with E-state index in [1.807, 2.05) is 0 Å². The van der Waals surface area contributed by atoms with Crippen LogP contribution >= 0.6 is 11.3 Å². The number of nitrogens with zero attached hydrogens (tertiary/aromatic N) is 2. The molecule has 3 rings (SSSR count). The van der Waals surface area contributed by atoms with E-state index in [0.717, 1.165) is 11.3 Å². The molecular formula is C15H10N2O5S. The van der Waals surface area contributed by atoms with Crippen molar-refractivity contribution < 1.29 is 19.6 Å². The van der Waals surface area contributed by atoms with Gasteiger partial charge in [0.25, 0.3) is 5.69 Å². The van der Waals surface area contributed by atoms with E-state index >= 15 is 0 Å². The number of carboxylic acids is 1. The Morgan fingerprint density at radius 2 is 1.96 bits per heavy atom. The van der Waals surface area contributed by atoms with Crippen molar-refractivity contribution in [2.24, 2.45) is 0 Å². The van der Waals surface area contributed by atoms with Gasteiger partial charge in [0.15, 0.2) is 4.88 Å². The second-order valence-electron chi connectivity index (χ2n) is 4.66. The minimum atomic E-state index is -1.13. The predicted octanol–water partition coefficient (Wildman–Crippen LogP) is 4.00. The fraction of sp³-hybridized carbons (Fsp3) is 0.0667. The molecule has 7 nitrogen and oxygen atoms in total. The number of hydrogen-bond acceptors (Lipinski definition) is 6. The van der Waals surface area contributed by atoms with Crippen LogP contribution in [0.5, 0.6) is 11.6 Å². The average Bonchev–Trinajstić information content (AvgIpc) is 2.88. The maximum Gasteiger partial charge on any atom is 0.351 e. The SMILES string of the molecule is Cc1nc(Oc2ccc([N+](=O)[O-])c3ccccc23)c(C(=O)O)s1. The van der Waals surface area contributed by atoms with Crippen LogP contribution in [-0.4, -0.2) is 21.0 Å². The van der Waals surface area contributed by atoms with Crippen LogP contribution in [0.25, 0.3) is 10.8 Å². The molecule has 3 aromatic rings. The molecule has 0 saturated heterocycles. The summed E-state index contributed by atoms with van der Waals surface area (Å²) in [5, 5.41) is 21.8. The molecule has 2 aromatic carbocycles. The van der Waals surface area contributed by atoms with Crippen molar-refractivity contribution in [1.29, 1.82) is 0 Å². The first kappa shape index (κ1) is 14.9. The first-order valence-corrected chi connectivity index (χ1v) is 7.33. The maximum atomic E-state index is 11.2. The molecule has 0 spiro atoms. The number of carbonyl (C=O) groups is 1. The number of non-ortho nitro benzene ring substituents is 1. The van der Waals surface area contributed by atoms with E-state index < -0.39 is 10.9 Å². The number of carboxylic acid groups (broad SMARTS) is 1. The standard InChI is InChI=1S/C15H10N2O5S/c1-8-16-14(13(23-8)15(18)19)22-12-7-6-11(17(20)21)9-4-2-3-5-10(9)12/h2-7H,1H3,(H,18,19). The molecule has 1 heterocycles. The van der Waals surface area contributed by atoms with Crippen LogP contribution in [0.2, 0.25) is 0 Å². The highest BCUT2D eigenvalue weighted by atomic mass is 32.1. The molecule has 1 aromatic heterocycles. The molecule has 0 fully saturated rings. The molecule has 0 aliphatic heterocycles. The van der Waals surface area contributed by atoms with E-state index in [9.17, 15) is 20.0 Å². The molecular weight excluding hydrogens is 320 g/mol. The molecule has 0 aliphatic rings. The van der Waals surface area contributed by atoms with Gasteiger partial charge in [-0.25, -0.2) is 9.78 Å². The smallest absolute Gasteiger partial charge is 0.351 e. The van der Waals surface area contributed by atoms with E-state index in [1.165, 1.54) is 12.1 Å². The Hall–Kier alpha value is -3.00. The van der Waals surface area contributed by atoms with Gasteiger partial charge in [0.2, 0.25) is 5.88 Å². The van der Waals surface area contributed by atoms with Crippen LogP contribution in [0.1, 0.15) is 14.7 Å². The van der Waals surface area contributed by atoms with Gasteiger partial charge < -0.3 is 9.84 Å². The van der Waals surface area contributed by atoms with Crippen molar-refractivity contribution >= 4 is 33.8 Å². The summed E-state index contributed by atoms with van der Waals surface area (Å²) in [7, 11) is 0. The number of rotatable bonds is 4. The number of aryl methyl sites for hydroxylation is 1. The number of ether oxygens (including phenoxy) is 1. The van der Waals surface area contributed by atoms with Crippen LogP contribution in [0.15, 0.2) is 36.4 Å². The lowest BCUT2D eigenvalue weighted by atomic mass is 10.1. The summed E-state index contributed by atoms with van der Waals surface area (Å²) in [4.78, 5) is 25.9. The number of nitro groups is 1. The van der Waals surface area contributed by atoms with Crippen molar-refractivity contribution in [3.05, 3.63) is 56.4 Å². The average molecular weight is 330 g/mol. The van der Waals surface area contributed by atoms with E-state index in [1.54, 1.807) is 31.2 Å². The Morgan fingerprint density at radius 1 is 1.26 bits per heavy atom. The third-order valence-electron chi connectivity index (χ3n) is 3.16. The van der Waals surface area contributed by atoms with Crippen LogP contribution < -0.4 is 4.74 Å². The third kappa shape index (κ3) is 2.71. The fourth-order valence-corrected chi connectivity index (χ4v) is 2.91. The molecule has 23 heavy (non-hydrogen) atoms. The largest absolute Gasteiger partial charge is 0.477 e. The zero-order valence-electron chi connectivity index (χ0n) is 11.8. The summed E-state index contributed by atoms with van der Waals surface area (Å²) in [5.74, 6) is -0.824. The summed E-state index contributed by atoms with van der Waals surface area (Å²) in [6.07, 6.45) is 0. The zero-order valence-corrected chi connectivity index (χ0v) is 12.7. The minimum absolute atomic E-state index is 0.00932. The van der Waals surface area contributed by atoms with Crippen LogP contribution in [-0.2, 0) is 0 Å². The van der Waals surface area contributed by atoms with Gasteiger partial charge in [-0.15, -0.1) is 11.3 Å². The van der Waals surface area contributed by atoms with Gasteiger partial charge in [-0.3, -0.25) is 10.1 Å². The van der Waals surface area contributed by atoms with E-state index in [4.69, 9.17) is 4.74 Å². The van der Waals surface area contributed by atoms with Gasteiger partial charge in [-0.2, -0.15) is 0 Å². The van der Waals surface area contributed by atoms with Gasteiger partial charge in [0.05, 0.1) is 15.3 Å². The predicted molar refractivity (Wildman–Crippen MR) is 84.5 cm³/mol. The molecule has 1 N–H and O–H groups in total. The topological polar surface area (TPSA) is 103 Å². The number of thiazole rings is 1. The van der Waals surface area contributed by atoms with Crippen LogP contribution in [0.4, 0.5) is 5.69 Å². The summed E-state index contributed by atoms with van der Waals surface area (Å²) in [6.45, 7) is 1.68. The van der Waals surface area contributed by atoms with E-state index in [0.29, 0.717) is 21.5 Å². The van der Waals surface area contributed by atoms with Crippen molar-refractivity contribution in [2.45, 2.75) is 6.92 Å². The zero-order chi connectivity index (χ0) is 16.6. The maximum absolute atomic E-state index is 11.2. The Kier molecular flexibility index (Phi) is 3.67. The first-order chi connectivity index (χ1) is 11.0. The van der Waals surface area contributed by atoms with E-state index in [-0.39, 0.29) is 16.4 Å². The summed E-state index contributed by atoms with van der Waals surface area (Å²) in [5.41, 5.74) is -0.0409. The van der Waals surface area contributed by atoms with Crippen molar-refractivity contribution in [1.82, 2.24) is 4.98 Å². The van der Waals surface area contributed by atoms with Gasteiger partial charge in [-0.05, 0) is 19.1 Å². The van der Waals surface area contributed by atoms with E-state index in [2.05, 4.69) is 4.98 Å². The molecule has 0 amide bonds. The second kappa shape index (κ2) is 5.65. The number of fused-ring (bicyclic) bond motifs is 1. The summed E-state index contributed by atoms with van der Waals surface area (Å²) < 4.78 is 5.64.